The lowest BCUT2D eigenvalue weighted by molar-refractivity contribution is 0.0599. The second-order valence-corrected chi connectivity index (χ2v) is 3.66. The van der Waals surface area contributed by atoms with Gasteiger partial charge in [-0.2, -0.15) is 0 Å². The fourth-order valence-electron chi connectivity index (χ4n) is 1.13. The summed E-state index contributed by atoms with van der Waals surface area (Å²) in [4.78, 5) is 11.2. The molecule has 1 atom stereocenters. The first-order valence-corrected chi connectivity index (χ1v) is 5.27. The summed E-state index contributed by atoms with van der Waals surface area (Å²) in [6.07, 6.45) is 0. The molecule has 4 nitrogen and oxygen atoms in total. The zero-order valence-corrected chi connectivity index (χ0v) is 8.71. The first kappa shape index (κ1) is 11.8. The van der Waals surface area contributed by atoms with Gasteiger partial charge in [0.05, 0.1) is 18.4 Å². The average molecular weight is 232 g/mol. The van der Waals surface area contributed by atoms with Crippen LogP contribution >= 0.6 is 0 Å². The van der Waals surface area contributed by atoms with Crippen molar-refractivity contribution >= 4 is 17.0 Å². The van der Waals surface area contributed by atoms with Crippen LogP contribution in [-0.2, 0) is 21.6 Å². The lowest BCUT2D eigenvalue weighted by Gasteiger charge is -2.06. The van der Waals surface area contributed by atoms with Crippen molar-refractivity contribution in [3.05, 3.63) is 35.1 Å². The molecule has 1 aromatic carbocycles. The number of hydrogen-bond acceptors (Lipinski definition) is 3. The lowest BCUT2D eigenvalue weighted by atomic mass is 10.1. The van der Waals surface area contributed by atoms with Gasteiger partial charge in [-0.05, 0) is 12.1 Å². The van der Waals surface area contributed by atoms with Crippen LogP contribution in [0.1, 0.15) is 15.9 Å². The third-order valence-electron chi connectivity index (χ3n) is 1.79. The zero-order chi connectivity index (χ0) is 11.4. The molecule has 0 aliphatic carbocycles. The maximum absolute atomic E-state index is 13.3. The van der Waals surface area contributed by atoms with Crippen LogP contribution in [0.25, 0.3) is 0 Å². The molecule has 1 aromatic rings. The molecule has 0 heterocycles. The minimum Gasteiger partial charge on any atom is -0.465 e. The van der Waals surface area contributed by atoms with E-state index >= 15 is 0 Å². The Hall–Kier alpha value is -1.27. The van der Waals surface area contributed by atoms with Gasteiger partial charge in [0, 0.05) is 5.56 Å². The van der Waals surface area contributed by atoms with E-state index in [-0.39, 0.29) is 11.1 Å². The van der Waals surface area contributed by atoms with Crippen LogP contribution in [-0.4, -0.2) is 21.8 Å². The maximum Gasteiger partial charge on any atom is 0.338 e. The summed E-state index contributed by atoms with van der Waals surface area (Å²) in [5.74, 6) is -1.85. The van der Waals surface area contributed by atoms with Crippen molar-refractivity contribution < 1.29 is 22.7 Å². The van der Waals surface area contributed by atoms with Gasteiger partial charge in [-0.1, -0.05) is 6.07 Å². The summed E-state index contributed by atoms with van der Waals surface area (Å²) in [6.45, 7) is 0. The van der Waals surface area contributed by atoms with Gasteiger partial charge in [0.1, 0.15) is 5.82 Å². The molecule has 15 heavy (non-hydrogen) atoms. The fourth-order valence-corrected chi connectivity index (χ4v) is 1.67. The summed E-state index contributed by atoms with van der Waals surface area (Å²) < 4.78 is 36.9. The van der Waals surface area contributed by atoms with Gasteiger partial charge in [0.2, 0.25) is 0 Å². The molecule has 0 saturated carbocycles. The number of methoxy groups -OCH3 is 1. The first-order chi connectivity index (χ1) is 7.06. The predicted molar refractivity (Wildman–Crippen MR) is 52.2 cm³/mol. The van der Waals surface area contributed by atoms with E-state index in [2.05, 4.69) is 4.74 Å². The van der Waals surface area contributed by atoms with E-state index in [0.29, 0.717) is 0 Å². The highest BCUT2D eigenvalue weighted by Gasteiger charge is 2.16. The molecule has 6 heteroatoms. The Balaban J connectivity index is 3.19. The largest absolute Gasteiger partial charge is 0.465 e. The van der Waals surface area contributed by atoms with Crippen molar-refractivity contribution in [2.75, 3.05) is 7.11 Å². The lowest BCUT2D eigenvalue weighted by Crippen LogP contribution is -2.09. The SMILES string of the molecule is COC(=O)c1cccc(F)c1CS(=O)O. The van der Waals surface area contributed by atoms with Gasteiger partial charge >= 0.3 is 5.97 Å². The minimum atomic E-state index is -2.20. The van der Waals surface area contributed by atoms with Crippen molar-refractivity contribution in [3.8, 4) is 0 Å². The number of esters is 1. The summed E-state index contributed by atoms with van der Waals surface area (Å²) in [5, 5.41) is 0. The van der Waals surface area contributed by atoms with Crippen LogP contribution in [0.15, 0.2) is 18.2 Å². The third-order valence-corrected chi connectivity index (χ3v) is 2.33. The van der Waals surface area contributed by atoms with Crippen LogP contribution in [0, 0.1) is 5.82 Å². The van der Waals surface area contributed by atoms with Crippen molar-refractivity contribution in [1.29, 1.82) is 0 Å². The molecule has 0 spiro atoms. The minimum absolute atomic E-state index is 0.0279. The Morgan fingerprint density at radius 3 is 2.80 bits per heavy atom. The van der Waals surface area contributed by atoms with Gasteiger partial charge in [0.15, 0.2) is 11.1 Å². The quantitative estimate of drug-likeness (QED) is 0.631. The Bertz CT molecular complexity index is 405. The Labute approximate surface area is 88.3 Å². The average Bonchev–Trinajstić information content (AvgIpc) is 2.19. The monoisotopic (exact) mass is 232 g/mol. The van der Waals surface area contributed by atoms with Gasteiger partial charge in [-0.3, -0.25) is 0 Å². The fraction of sp³-hybridized carbons (Fsp3) is 0.222. The highest BCUT2D eigenvalue weighted by Crippen LogP contribution is 2.16. The molecule has 1 N–H and O–H groups in total. The van der Waals surface area contributed by atoms with E-state index in [9.17, 15) is 13.4 Å². The molecule has 0 saturated heterocycles. The molecular weight excluding hydrogens is 223 g/mol. The number of hydrogen-bond donors (Lipinski definition) is 1. The van der Waals surface area contributed by atoms with Crippen LogP contribution < -0.4 is 0 Å². The van der Waals surface area contributed by atoms with Crippen molar-refractivity contribution in [2.24, 2.45) is 0 Å². The van der Waals surface area contributed by atoms with Crippen LogP contribution in [0.3, 0.4) is 0 Å². The van der Waals surface area contributed by atoms with Crippen LogP contribution in [0.4, 0.5) is 4.39 Å². The highest BCUT2D eigenvalue weighted by atomic mass is 32.2. The van der Waals surface area contributed by atoms with E-state index in [1.807, 2.05) is 0 Å². The Morgan fingerprint density at radius 1 is 1.60 bits per heavy atom. The summed E-state index contributed by atoms with van der Waals surface area (Å²) in [6, 6.07) is 3.80. The molecule has 1 rings (SSSR count). The van der Waals surface area contributed by atoms with E-state index in [4.69, 9.17) is 4.55 Å². The molecule has 0 amide bonds. The van der Waals surface area contributed by atoms with Gasteiger partial charge < -0.3 is 9.29 Å². The molecule has 0 radical (unpaired) electrons. The van der Waals surface area contributed by atoms with Gasteiger partial charge in [-0.15, -0.1) is 0 Å². The van der Waals surface area contributed by atoms with Gasteiger partial charge in [-0.25, -0.2) is 13.4 Å². The Morgan fingerprint density at radius 2 is 2.27 bits per heavy atom. The molecule has 0 aromatic heterocycles. The van der Waals surface area contributed by atoms with Crippen molar-refractivity contribution in [3.63, 3.8) is 0 Å². The Kier molecular flexibility index (Phi) is 3.93. The number of halogens is 1. The second kappa shape index (κ2) is 4.99. The second-order valence-electron chi connectivity index (χ2n) is 2.72. The predicted octanol–water partition coefficient (Wildman–Crippen LogP) is 1.33. The van der Waals surface area contributed by atoms with E-state index in [1.165, 1.54) is 12.1 Å². The zero-order valence-electron chi connectivity index (χ0n) is 7.90. The van der Waals surface area contributed by atoms with E-state index in [0.717, 1.165) is 13.2 Å². The molecule has 1 unspecified atom stereocenters. The molecule has 0 bridgehead atoms. The summed E-state index contributed by atoms with van der Waals surface area (Å²) in [7, 11) is 1.16. The molecule has 82 valence electrons. The molecular formula is C9H9FO4S. The molecule has 0 aliphatic heterocycles. The number of carbonyl (C=O) groups excluding carboxylic acids is 1. The van der Waals surface area contributed by atoms with Crippen LogP contribution in [0.5, 0.6) is 0 Å². The van der Waals surface area contributed by atoms with Gasteiger partial charge in [0.25, 0.3) is 0 Å². The van der Waals surface area contributed by atoms with Crippen molar-refractivity contribution in [1.82, 2.24) is 0 Å². The molecule has 0 aliphatic rings. The number of carbonyl (C=O) groups is 1. The maximum atomic E-state index is 13.3. The van der Waals surface area contributed by atoms with E-state index < -0.39 is 28.6 Å². The topological polar surface area (TPSA) is 63.6 Å². The van der Waals surface area contributed by atoms with Crippen LogP contribution in [0.2, 0.25) is 0 Å². The number of rotatable bonds is 3. The number of ether oxygens (including phenoxy) is 1. The standard InChI is InChI=1S/C9H9FO4S/c1-14-9(11)6-3-2-4-8(10)7(6)5-15(12)13/h2-4H,5H2,1H3,(H,12,13). The smallest absolute Gasteiger partial charge is 0.338 e. The van der Waals surface area contributed by atoms with E-state index in [1.54, 1.807) is 0 Å². The molecule has 0 fully saturated rings. The number of benzene rings is 1. The third kappa shape index (κ3) is 2.84. The normalized spacial score (nSPS) is 12.2. The van der Waals surface area contributed by atoms with Crippen molar-refractivity contribution in [2.45, 2.75) is 5.75 Å². The summed E-state index contributed by atoms with van der Waals surface area (Å²) in [5.41, 5.74) is -0.134. The summed E-state index contributed by atoms with van der Waals surface area (Å²) >= 11 is -2.20. The first-order valence-electron chi connectivity index (χ1n) is 3.99. The highest BCUT2D eigenvalue weighted by molar-refractivity contribution is 7.78.